The summed E-state index contributed by atoms with van der Waals surface area (Å²) in [5, 5.41) is 6.26. The highest BCUT2D eigenvalue weighted by Crippen LogP contribution is 2.35. The van der Waals surface area contributed by atoms with Crippen LogP contribution in [-0.4, -0.2) is 63.2 Å². The topological polar surface area (TPSA) is 66.0 Å². The number of amides is 1. The van der Waals surface area contributed by atoms with Gasteiger partial charge in [0, 0.05) is 45.8 Å². The van der Waals surface area contributed by atoms with Crippen LogP contribution in [0.25, 0.3) is 0 Å². The SMILES string of the molecule is CCOCCCNC(=NCC(=O)N(C)C)NC(C)C(C)c1ccccc1C(F)(F)F. The molecular formula is C21H33F3N4O2. The highest BCUT2D eigenvalue weighted by molar-refractivity contribution is 5.85. The van der Waals surface area contributed by atoms with Gasteiger partial charge >= 0.3 is 6.18 Å². The maximum atomic E-state index is 13.4. The fraction of sp³-hybridized carbons (Fsp3) is 0.619. The summed E-state index contributed by atoms with van der Waals surface area (Å²) in [6, 6.07) is 5.21. The molecule has 0 heterocycles. The molecule has 0 aromatic heterocycles. The van der Waals surface area contributed by atoms with Crippen molar-refractivity contribution in [1.82, 2.24) is 15.5 Å². The van der Waals surface area contributed by atoms with E-state index in [1.54, 1.807) is 34.0 Å². The van der Waals surface area contributed by atoms with Gasteiger partial charge in [-0.1, -0.05) is 25.1 Å². The number of hydrogen-bond acceptors (Lipinski definition) is 3. The minimum Gasteiger partial charge on any atom is -0.382 e. The molecule has 0 spiro atoms. The zero-order valence-corrected chi connectivity index (χ0v) is 18.3. The Balaban J connectivity index is 2.90. The van der Waals surface area contributed by atoms with Crippen LogP contribution < -0.4 is 10.6 Å². The number of benzene rings is 1. The number of alkyl halides is 3. The Kier molecular flexibility index (Phi) is 10.7. The van der Waals surface area contributed by atoms with Crippen LogP contribution >= 0.6 is 0 Å². The van der Waals surface area contributed by atoms with Gasteiger partial charge in [-0.25, -0.2) is 4.99 Å². The van der Waals surface area contributed by atoms with E-state index in [2.05, 4.69) is 15.6 Å². The molecule has 2 N–H and O–H groups in total. The number of likely N-dealkylation sites (N-methyl/N-ethyl adjacent to an activating group) is 1. The summed E-state index contributed by atoms with van der Waals surface area (Å²) in [7, 11) is 3.28. The molecule has 170 valence electrons. The van der Waals surface area contributed by atoms with E-state index >= 15 is 0 Å². The summed E-state index contributed by atoms with van der Waals surface area (Å²) in [4.78, 5) is 17.6. The zero-order valence-electron chi connectivity index (χ0n) is 18.3. The van der Waals surface area contributed by atoms with Crippen LogP contribution in [-0.2, 0) is 15.7 Å². The molecule has 1 aromatic carbocycles. The number of aliphatic imine (C=N–C) groups is 1. The molecule has 0 fully saturated rings. The van der Waals surface area contributed by atoms with Crippen molar-refractivity contribution >= 4 is 11.9 Å². The van der Waals surface area contributed by atoms with Crippen LogP contribution in [0.1, 0.15) is 44.2 Å². The maximum Gasteiger partial charge on any atom is 0.416 e. The molecule has 0 saturated heterocycles. The first-order valence-corrected chi connectivity index (χ1v) is 10.1. The second kappa shape index (κ2) is 12.4. The monoisotopic (exact) mass is 430 g/mol. The van der Waals surface area contributed by atoms with Crippen molar-refractivity contribution in [2.75, 3.05) is 40.4 Å². The predicted molar refractivity (Wildman–Crippen MR) is 113 cm³/mol. The minimum atomic E-state index is -4.42. The molecule has 2 atom stereocenters. The molecule has 1 aromatic rings. The largest absolute Gasteiger partial charge is 0.416 e. The fourth-order valence-electron chi connectivity index (χ4n) is 2.73. The summed E-state index contributed by atoms with van der Waals surface area (Å²) < 4.78 is 45.4. The lowest BCUT2D eigenvalue weighted by atomic mass is 9.90. The first-order chi connectivity index (χ1) is 14.1. The number of nitrogens with one attached hydrogen (secondary N) is 2. The van der Waals surface area contributed by atoms with Gasteiger partial charge in [-0.05, 0) is 31.9 Å². The lowest BCUT2D eigenvalue weighted by molar-refractivity contribution is -0.138. The van der Waals surface area contributed by atoms with E-state index in [0.717, 1.165) is 12.5 Å². The van der Waals surface area contributed by atoms with Gasteiger partial charge in [0.05, 0.1) is 5.56 Å². The summed E-state index contributed by atoms with van der Waals surface area (Å²) in [6.45, 7) is 7.15. The number of rotatable bonds is 10. The highest BCUT2D eigenvalue weighted by Gasteiger charge is 2.35. The molecule has 1 amide bonds. The Hall–Kier alpha value is -2.29. The van der Waals surface area contributed by atoms with Crippen LogP contribution in [0, 0.1) is 0 Å². The van der Waals surface area contributed by atoms with E-state index in [1.165, 1.54) is 17.0 Å². The van der Waals surface area contributed by atoms with Gasteiger partial charge < -0.3 is 20.3 Å². The maximum absolute atomic E-state index is 13.4. The molecule has 9 heteroatoms. The lowest BCUT2D eigenvalue weighted by Gasteiger charge is -2.26. The third kappa shape index (κ3) is 8.61. The minimum absolute atomic E-state index is 0.0615. The van der Waals surface area contributed by atoms with E-state index in [4.69, 9.17) is 4.74 Å². The summed E-state index contributed by atoms with van der Waals surface area (Å²) >= 11 is 0. The average Bonchev–Trinajstić information content (AvgIpc) is 2.69. The smallest absolute Gasteiger partial charge is 0.382 e. The number of ether oxygens (including phenoxy) is 1. The quantitative estimate of drug-likeness (QED) is 0.340. The fourth-order valence-corrected chi connectivity index (χ4v) is 2.73. The van der Waals surface area contributed by atoms with Gasteiger partial charge in [0.2, 0.25) is 5.91 Å². The van der Waals surface area contributed by atoms with E-state index in [9.17, 15) is 18.0 Å². The Morgan fingerprint density at radius 3 is 2.50 bits per heavy atom. The van der Waals surface area contributed by atoms with Crippen LogP contribution in [0.15, 0.2) is 29.3 Å². The zero-order chi connectivity index (χ0) is 22.7. The summed E-state index contributed by atoms with van der Waals surface area (Å²) in [5.41, 5.74) is -0.429. The molecule has 0 saturated carbocycles. The van der Waals surface area contributed by atoms with Crippen molar-refractivity contribution in [3.8, 4) is 0 Å². The van der Waals surface area contributed by atoms with Gasteiger partial charge in [0.1, 0.15) is 6.54 Å². The molecule has 30 heavy (non-hydrogen) atoms. The Bertz CT molecular complexity index is 693. The van der Waals surface area contributed by atoms with Crippen molar-refractivity contribution in [1.29, 1.82) is 0 Å². The molecule has 1 rings (SSSR count). The van der Waals surface area contributed by atoms with Crippen molar-refractivity contribution in [2.24, 2.45) is 4.99 Å². The van der Waals surface area contributed by atoms with E-state index in [-0.39, 0.29) is 24.1 Å². The molecule has 0 aliphatic rings. The normalized spacial score (nSPS) is 14.2. The van der Waals surface area contributed by atoms with Gasteiger partial charge in [0.15, 0.2) is 5.96 Å². The lowest BCUT2D eigenvalue weighted by Crippen LogP contribution is -2.45. The molecule has 0 aliphatic carbocycles. The third-order valence-corrected chi connectivity index (χ3v) is 4.70. The van der Waals surface area contributed by atoms with Crippen molar-refractivity contribution in [3.63, 3.8) is 0 Å². The Morgan fingerprint density at radius 1 is 1.23 bits per heavy atom. The number of hydrogen-bond donors (Lipinski definition) is 2. The second-order valence-electron chi connectivity index (χ2n) is 7.24. The number of carbonyl (C=O) groups is 1. The number of guanidine groups is 1. The second-order valence-corrected chi connectivity index (χ2v) is 7.24. The van der Waals surface area contributed by atoms with Crippen molar-refractivity contribution in [2.45, 2.75) is 45.3 Å². The molecule has 0 bridgehead atoms. The Labute approximate surface area is 176 Å². The van der Waals surface area contributed by atoms with Gasteiger partial charge in [-0.2, -0.15) is 13.2 Å². The summed E-state index contributed by atoms with van der Waals surface area (Å²) in [6.07, 6.45) is -3.69. The third-order valence-electron chi connectivity index (χ3n) is 4.70. The Morgan fingerprint density at radius 2 is 1.90 bits per heavy atom. The molecule has 6 nitrogen and oxygen atoms in total. The molecule has 0 aliphatic heterocycles. The number of halogens is 3. The summed E-state index contributed by atoms with van der Waals surface area (Å²) in [5.74, 6) is -0.234. The molecule has 0 radical (unpaired) electrons. The standard InChI is InChI=1S/C21H33F3N4O2/c1-6-30-13-9-12-25-20(26-14-19(29)28(4)5)27-16(3)15(2)17-10-7-8-11-18(17)21(22,23)24/h7-8,10-11,15-16H,6,9,12-14H2,1-5H3,(H2,25,26,27). The first kappa shape index (κ1) is 25.7. The number of nitrogens with zero attached hydrogens (tertiary/aromatic N) is 2. The van der Waals surface area contributed by atoms with E-state index < -0.39 is 17.7 Å². The van der Waals surface area contributed by atoms with Crippen LogP contribution in [0.5, 0.6) is 0 Å². The van der Waals surface area contributed by atoms with Crippen molar-refractivity contribution in [3.05, 3.63) is 35.4 Å². The van der Waals surface area contributed by atoms with E-state index in [1.807, 2.05) is 6.92 Å². The van der Waals surface area contributed by atoms with Crippen LogP contribution in [0.4, 0.5) is 13.2 Å². The highest BCUT2D eigenvalue weighted by atomic mass is 19.4. The van der Waals surface area contributed by atoms with Crippen molar-refractivity contribution < 1.29 is 22.7 Å². The van der Waals surface area contributed by atoms with E-state index in [0.29, 0.717) is 25.7 Å². The number of carbonyl (C=O) groups excluding carboxylic acids is 1. The van der Waals surface area contributed by atoms with Gasteiger partial charge in [-0.15, -0.1) is 0 Å². The van der Waals surface area contributed by atoms with Crippen LogP contribution in [0.2, 0.25) is 0 Å². The van der Waals surface area contributed by atoms with Gasteiger partial charge in [0.25, 0.3) is 0 Å². The average molecular weight is 431 g/mol. The first-order valence-electron chi connectivity index (χ1n) is 10.1. The van der Waals surface area contributed by atoms with Gasteiger partial charge in [-0.3, -0.25) is 4.79 Å². The predicted octanol–water partition coefficient (Wildman–Crippen LogP) is 3.25. The molecule has 2 unspecified atom stereocenters. The van der Waals surface area contributed by atoms with Crippen LogP contribution in [0.3, 0.4) is 0 Å². The molecular weight excluding hydrogens is 397 g/mol.